The highest BCUT2D eigenvalue weighted by molar-refractivity contribution is 7.99. The van der Waals surface area contributed by atoms with Crippen molar-refractivity contribution < 1.29 is 9.90 Å². The Labute approximate surface area is 208 Å². The van der Waals surface area contributed by atoms with Gasteiger partial charge in [0.15, 0.2) is 11.0 Å². The Kier molecular flexibility index (Phi) is 7.31. The van der Waals surface area contributed by atoms with Crippen LogP contribution in [0.25, 0.3) is 17.1 Å². The zero-order valence-corrected chi connectivity index (χ0v) is 20.7. The predicted octanol–water partition coefficient (Wildman–Crippen LogP) is 5.18. The number of para-hydroxylation sites is 1. The number of phenolic OH excluding ortho intramolecular Hbond substituents is 1. The van der Waals surface area contributed by atoms with Crippen LogP contribution in [0.2, 0.25) is 0 Å². The minimum Gasteiger partial charge on any atom is -0.508 e. The van der Waals surface area contributed by atoms with Crippen molar-refractivity contribution in [1.82, 2.24) is 20.2 Å². The molecular weight excluding hydrogens is 458 g/mol. The van der Waals surface area contributed by atoms with E-state index in [2.05, 4.69) is 65.8 Å². The number of nitrogens with one attached hydrogen (secondary N) is 1. The van der Waals surface area contributed by atoms with Crippen molar-refractivity contribution in [3.63, 3.8) is 0 Å². The molecule has 0 saturated heterocycles. The normalized spacial score (nSPS) is 11.6. The number of carbonyl (C=O) groups excluding carboxylic acids is 1. The molecule has 7 nitrogen and oxygen atoms in total. The van der Waals surface area contributed by atoms with Gasteiger partial charge in [0, 0.05) is 11.3 Å². The molecule has 1 heterocycles. The Bertz CT molecular complexity index is 1330. The van der Waals surface area contributed by atoms with Gasteiger partial charge in [-0.25, -0.2) is 5.43 Å². The average molecular weight is 486 g/mol. The highest BCUT2D eigenvalue weighted by Gasteiger charge is 2.19. The number of carbonyl (C=O) groups is 1. The second-order valence-electron chi connectivity index (χ2n) is 8.98. The van der Waals surface area contributed by atoms with E-state index < -0.39 is 0 Å². The summed E-state index contributed by atoms with van der Waals surface area (Å²) in [5.41, 5.74) is 6.35. The first-order valence-corrected chi connectivity index (χ1v) is 12.2. The molecule has 0 saturated carbocycles. The van der Waals surface area contributed by atoms with Gasteiger partial charge in [0.1, 0.15) is 5.75 Å². The molecule has 35 heavy (non-hydrogen) atoms. The zero-order chi connectivity index (χ0) is 24.8. The quantitative estimate of drug-likeness (QED) is 0.214. The summed E-state index contributed by atoms with van der Waals surface area (Å²) >= 11 is 1.29. The number of hydrogen-bond acceptors (Lipinski definition) is 6. The van der Waals surface area contributed by atoms with Crippen molar-refractivity contribution in [3.8, 4) is 22.8 Å². The van der Waals surface area contributed by atoms with E-state index in [0.29, 0.717) is 16.5 Å². The van der Waals surface area contributed by atoms with Crippen LogP contribution in [0.3, 0.4) is 0 Å². The van der Waals surface area contributed by atoms with Crippen molar-refractivity contribution >= 4 is 23.9 Å². The molecule has 4 aromatic rings. The smallest absolute Gasteiger partial charge is 0.250 e. The fourth-order valence-electron chi connectivity index (χ4n) is 3.43. The van der Waals surface area contributed by atoms with Crippen molar-refractivity contribution in [2.45, 2.75) is 31.3 Å². The number of amides is 1. The average Bonchev–Trinajstić information content (AvgIpc) is 3.27. The molecule has 2 N–H and O–H groups in total. The summed E-state index contributed by atoms with van der Waals surface area (Å²) in [7, 11) is 0. The maximum Gasteiger partial charge on any atom is 0.250 e. The van der Waals surface area contributed by atoms with E-state index in [1.165, 1.54) is 23.5 Å². The Morgan fingerprint density at radius 2 is 1.77 bits per heavy atom. The molecule has 0 unspecified atom stereocenters. The standard InChI is InChI=1S/C27H27N5O2S/c1-27(2,3)21-14-12-20(13-15-21)25-30-31-26(32(25)22-9-5-4-6-10-22)35-18-24(34)29-28-17-19-8-7-11-23(33)16-19/h4-17,33H,18H2,1-3H3,(H,29,34)/b28-17-. The lowest BCUT2D eigenvalue weighted by Crippen LogP contribution is -2.20. The van der Waals surface area contributed by atoms with E-state index >= 15 is 0 Å². The number of hydrogen-bond donors (Lipinski definition) is 2. The Morgan fingerprint density at radius 1 is 1.03 bits per heavy atom. The van der Waals surface area contributed by atoms with E-state index in [0.717, 1.165) is 11.3 Å². The first kappa shape index (κ1) is 24.2. The van der Waals surface area contributed by atoms with Crippen molar-refractivity contribution in [1.29, 1.82) is 0 Å². The first-order chi connectivity index (χ1) is 16.8. The van der Waals surface area contributed by atoms with Crippen LogP contribution in [0.5, 0.6) is 5.75 Å². The number of aromatic hydroxyl groups is 1. The molecule has 0 aliphatic carbocycles. The molecule has 0 atom stereocenters. The Morgan fingerprint density at radius 3 is 2.46 bits per heavy atom. The summed E-state index contributed by atoms with van der Waals surface area (Å²) in [4.78, 5) is 12.4. The monoisotopic (exact) mass is 485 g/mol. The molecular formula is C27H27N5O2S. The summed E-state index contributed by atoms with van der Waals surface area (Å²) < 4.78 is 1.96. The lowest BCUT2D eigenvalue weighted by molar-refractivity contribution is -0.118. The largest absolute Gasteiger partial charge is 0.508 e. The highest BCUT2D eigenvalue weighted by atomic mass is 32.2. The molecule has 0 fully saturated rings. The minimum absolute atomic E-state index is 0.0589. The number of phenols is 1. The van der Waals surface area contributed by atoms with Gasteiger partial charge in [0.05, 0.1) is 12.0 Å². The van der Waals surface area contributed by atoms with E-state index in [-0.39, 0.29) is 22.8 Å². The number of aromatic nitrogens is 3. The Hall–Kier alpha value is -3.91. The van der Waals surface area contributed by atoms with Gasteiger partial charge in [-0.2, -0.15) is 5.10 Å². The van der Waals surface area contributed by atoms with Crippen LogP contribution in [-0.2, 0) is 10.2 Å². The molecule has 3 aromatic carbocycles. The molecule has 1 aromatic heterocycles. The van der Waals surface area contributed by atoms with Crippen molar-refractivity contribution in [3.05, 3.63) is 90.0 Å². The molecule has 0 radical (unpaired) electrons. The summed E-state index contributed by atoms with van der Waals surface area (Å²) in [5, 5.41) is 22.9. The number of nitrogens with zero attached hydrogens (tertiary/aromatic N) is 4. The molecule has 4 rings (SSSR count). The third kappa shape index (κ3) is 6.16. The molecule has 0 aliphatic rings. The summed E-state index contributed by atoms with van der Waals surface area (Å²) in [5.74, 6) is 0.692. The van der Waals surface area contributed by atoms with Gasteiger partial charge in [0.25, 0.3) is 5.91 Å². The van der Waals surface area contributed by atoms with Crippen LogP contribution >= 0.6 is 11.8 Å². The van der Waals surface area contributed by atoms with Crippen LogP contribution in [0.15, 0.2) is 89.1 Å². The van der Waals surface area contributed by atoms with E-state index in [4.69, 9.17) is 0 Å². The fourth-order valence-corrected chi connectivity index (χ4v) is 4.17. The minimum atomic E-state index is -0.273. The lowest BCUT2D eigenvalue weighted by atomic mass is 9.87. The van der Waals surface area contributed by atoms with Gasteiger partial charge >= 0.3 is 0 Å². The zero-order valence-electron chi connectivity index (χ0n) is 19.8. The summed E-state index contributed by atoms with van der Waals surface area (Å²) in [6.07, 6.45) is 1.48. The van der Waals surface area contributed by atoms with E-state index in [1.54, 1.807) is 24.3 Å². The maximum absolute atomic E-state index is 12.4. The third-order valence-electron chi connectivity index (χ3n) is 5.26. The molecule has 8 heteroatoms. The maximum atomic E-state index is 12.4. The van der Waals surface area contributed by atoms with Gasteiger partial charge in [-0.3, -0.25) is 9.36 Å². The summed E-state index contributed by atoms with van der Waals surface area (Å²) in [6.45, 7) is 6.55. The number of thioether (sulfide) groups is 1. The summed E-state index contributed by atoms with van der Waals surface area (Å²) in [6, 6.07) is 24.8. The third-order valence-corrected chi connectivity index (χ3v) is 6.19. The SMILES string of the molecule is CC(C)(C)c1ccc(-c2nnc(SCC(=O)N/N=C\c3cccc(O)c3)n2-c2ccccc2)cc1. The molecule has 0 aliphatic heterocycles. The van der Waals surface area contributed by atoms with Crippen LogP contribution in [0.4, 0.5) is 0 Å². The van der Waals surface area contributed by atoms with Gasteiger partial charge in [-0.1, -0.05) is 87.1 Å². The molecule has 178 valence electrons. The van der Waals surface area contributed by atoms with Gasteiger partial charge in [0.2, 0.25) is 0 Å². The van der Waals surface area contributed by atoms with Crippen LogP contribution < -0.4 is 5.43 Å². The molecule has 0 bridgehead atoms. The topological polar surface area (TPSA) is 92.4 Å². The highest BCUT2D eigenvalue weighted by Crippen LogP contribution is 2.30. The van der Waals surface area contributed by atoms with Gasteiger partial charge in [-0.05, 0) is 40.8 Å². The van der Waals surface area contributed by atoms with E-state index in [1.807, 2.05) is 34.9 Å². The molecule has 0 spiro atoms. The van der Waals surface area contributed by atoms with Crippen molar-refractivity contribution in [2.24, 2.45) is 5.10 Å². The number of rotatable bonds is 7. The fraction of sp³-hybridized carbons (Fsp3) is 0.185. The van der Waals surface area contributed by atoms with Crippen LogP contribution in [0, 0.1) is 0 Å². The first-order valence-electron chi connectivity index (χ1n) is 11.2. The lowest BCUT2D eigenvalue weighted by Gasteiger charge is -2.19. The van der Waals surface area contributed by atoms with Crippen LogP contribution in [-0.4, -0.2) is 37.7 Å². The Balaban J connectivity index is 1.52. The second kappa shape index (κ2) is 10.6. The molecule has 1 amide bonds. The number of hydrazone groups is 1. The number of benzene rings is 3. The van der Waals surface area contributed by atoms with E-state index in [9.17, 15) is 9.90 Å². The van der Waals surface area contributed by atoms with Gasteiger partial charge < -0.3 is 5.11 Å². The second-order valence-corrected chi connectivity index (χ2v) is 9.92. The van der Waals surface area contributed by atoms with Gasteiger partial charge in [-0.15, -0.1) is 10.2 Å². The predicted molar refractivity (Wildman–Crippen MR) is 140 cm³/mol. The van der Waals surface area contributed by atoms with Crippen molar-refractivity contribution in [2.75, 3.05) is 5.75 Å². The van der Waals surface area contributed by atoms with Crippen LogP contribution in [0.1, 0.15) is 31.9 Å².